The molecule has 0 saturated carbocycles. The van der Waals surface area contributed by atoms with E-state index < -0.39 is 5.97 Å². The van der Waals surface area contributed by atoms with E-state index in [1.54, 1.807) is 0 Å². The number of carboxylic acid groups (broad SMARTS) is 1. The molecule has 0 radical (unpaired) electrons. The Kier molecular flexibility index (Phi) is 14.0. The molecule has 0 aromatic rings. The van der Waals surface area contributed by atoms with Gasteiger partial charge in [0, 0.05) is 6.42 Å². The van der Waals surface area contributed by atoms with Gasteiger partial charge in [0.2, 0.25) is 0 Å². The smallest absolute Gasteiger partial charge is 0.303 e. The highest BCUT2D eigenvalue weighted by Crippen LogP contribution is 2.19. The van der Waals surface area contributed by atoms with Crippen LogP contribution in [-0.4, -0.2) is 11.1 Å². The van der Waals surface area contributed by atoms with Crippen LogP contribution in [0.1, 0.15) is 104 Å². The number of hydrogen-bond donors (Lipinski definition) is 1. The second-order valence-corrected chi connectivity index (χ2v) is 6.96. The molecule has 0 aliphatic heterocycles. The van der Waals surface area contributed by atoms with Crippen LogP contribution in [0.4, 0.5) is 0 Å². The minimum absolute atomic E-state index is 0.341. The fourth-order valence-electron chi connectivity index (χ4n) is 2.81. The molecule has 2 heteroatoms. The summed E-state index contributed by atoms with van der Waals surface area (Å²) in [6, 6.07) is 0. The van der Waals surface area contributed by atoms with Crippen molar-refractivity contribution in [3.05, 3.63) is 0 Å². The molecule has 0 saturated heterocycles. The van der Waals surface area contributed by atoms with Gasteiger partial charge in [0.25, 0.3) is 0 Å². The molecule has 21 heavy (non-hydrogen) atoms. The average Bonchev–Trinajstić information content (AvgIpc) is 2.45. The SMILES string of the molecule is CCC(C)CCCCC(C)CCCCCCCCC(=O)O. The van der Waals surface area contributed by atoms with Crippen molar-refractivity contribution < 1.29 is 9.90 Å². The lowest BCUT2D eigenvalue weighted by atomic mass is 9.94. The van der Waals surface area contributed by atoms with Crippen LogP contribution in [0.3, 0.4) is 0 Å². The third-order valence-corrected chi connectivity index (χ3v) is 4.68. The van der Waals surface area contributed by atoms with Gasteiger partial charge in [-0.15, -0.1) is 0 Å². The van der Waals surface area contributed by atoms with Gasteiger partial charge in [-0.3, -0.25) is 4.79 Å². The van der Waals surface area contributed by atoms with E-state index in [1.165, 1.54) is 64.2 Å². The van der Waals surface area contributed by atoms with Gasteiger partial charge in [-0.2, -0.15) is 0 Å². The van der Waals surface area contributed by atoms with Crippen LogP contribution in [-0.2, 0) is 4.79 Å². The summed E-state index contributed by atoms with van der Waals surface area (Å²) in [6.45, 7) is 7.05. The van der Waals surface area contributed by atoms with E-state index in [9.17, 15) is 4.79 Å². The van der Waals surface area contributed by atoms with Crippen molar-refractivity contribution in [2.75, 3.05) is 0 Å². The molecule has 0 spiro atoms. The molecule has 0 heterocycles. The molecule has 0 bridgehead atoms. The lowest BCUT2D eigenvalue weighted by molar-refractivity contribution is -0.137. The van der Waals surface area contributed by atoms with Crippen molar-refractivity contribution in [1.82, 2.24) is 0 Å². The normalized spacial score (nSPS) is 14.0. The van der Waals surface area contributed by atoms with Gasteiger partial charge in [0.15, 0.2) is 0 Å². The van der Waals surface area contributed by atoms with E-state index in [1.807, 2.05) is 0 Å². The Hall–Kier alpha value is -0.530. The maximum Gasteiger partial charge on any atom is 0.303 e. The zero-order chi connectivity index (χ0) is 15.9. The van der Waals surface area contributed by atoms with Crippen LogP contribution >= 0.6 is 0 Å². The molecular formula is C19H38O2. The van der Waals surface area contributed by atoms with Crippen molar-refractivity contribution in [3.8, 4) is 0 Å². The minimum atomic E-state index is -0.655. The van der Waals surface area contributed by atoms with Crippen molar-refractivity contribution in [2.24, 2.45) is 11.8 Å². The number of aliphatic carboxylic acids is 1. The summed E-state index contributed by atoms with van der Waals surface area (Å²) >= 11 is 0. The van der Waals surface area contributed by atoms with E-state index in [-0.39, 0.29) is 0 Å². The van der Waals surface area contributed by atoms with Crippen LogP contribution in [0.5, 0.6) is 0 Å². The van der Waals surface area contributed by atoms with Gasteiger partial charge in [0.1, 0.15) is 0 Å². The van der Waals surface area contributed by atoms with Gasteiger partial charge in [-0.25, -0.2) is 0 Å². The predicted octanol–water partition coefficient (Wildman–Crippen LogP) is 6.43. The van der Waals surface area contributed by atoms with Crippen molar-refractivity contribution in [1.29, 1.82) is 0 Å². The molecule has 0 aliphatic carbocycles. The first-order valence-electron chi connectivity index (χ1n) is 9.28. The molecule has 1 N–H and O–H groups in total. The van der Waals surface area contributed by atoms with Gasteiger partial charge in [-0.1, -0.05) is 91.4 Å². The molecule has 0 amide bonds. The molecule has 0 rings (SSSR count). The van der Waals surface area contributed by atoms with Crippen molar-refractivity contribution >= 4 is 5.97 Å². The Labute approximate surface area is 132 Å². The van der Waals surface area contributed by atoms with Crippen molar-refractivity contribution in [3.63, 3.8) is 0 Å². The fraction of sp³-hybridized carbons (Fsp3) is 0.947. The third kappa shape index (κ3) is 15.7. The lowest BCUT2D eigenvalue weighted by Gasteiger charge is -2.12. The number of carbonyl (C=O) groups is 1. The van der Waals surface area contributed by atoms with Crippen LogP contribution in [0.15, 0.2) is 0 Å². The minimum Gasteiger partial charge on any atom is -0.481 e. The van der Waals surface area contributed by atoms with E-state index in [0.29, 0.717) is 6.42 Å². The molecule has 0 aliphatic rings. The largest absolute Gasteiger partial charge is 0.481 e. The summed E-state index contributed by atoms with van der Waals surface area (Å²) in [4.78, 5) is 10.4. The standard InChI is InChI=1S/C19H38O2/c1-4-17(2)13-11-12-15-18(3)14-9-7-5-6-8-10-16-19(20)21/h17-18H,4-16H2,1-3H3,(H,20,21). The Morgan fingerprint density at radius 1 is 0.762 bits per heavy atom. The Morgan fingerprint density at radius 2 is 1.19 bits per heavy atom. The maximum absolute atomic E-state index is 10.4. The first kappa shape index (κ1) is 20.5. The zero-order valence-corrected chi connectivity index (χ0v) is 14.7. The number of hydrogen-bond acceptors (Lipinski definition) is 1. The topological polar surface area (TPSA) is 37.3 Å². The van der Waals surface area contributed by atoms with E-state index >= 15 is 0 Å². The lowest BCUT2D eigenvalue weighted by Crippen LogP contribution is -1.97. The van der Waals surface area contributed by atoms with Gasteiger partial charge in [0.05, 0.1) is 0 Å². The summed E-state index contributed by atoms with van der Waals surface area (Å²) < 4.78 is 0. The molecule has 2 nitrogen and oxygen atoms in total. The Morgan fingerprint density at radius 3 is 1.71 bits per heavy atom. The summed E-state index contributed by atoms with van der Waals surface area (Å²) in [6.07, 6.45) is 15.7. The highest BCUT2D eigenvalue weighted by molar-refractivity contribution is 5.66. The Bertz CT molecular complexity index is 238. The Balaban J connectivity index is 3.22. The van der Waals surface area contributed by atoms with Crippen LogP contribution < -0.4 is 0 Å². The fourth-order valence-corrected chi connectivity index (χ4v) is 2.81. The monoisotopic (exact) mass is 298 g/mol. The van der Waals surface area contributed by atoms with Crippen LogP contribution in [0, 0.1) is 11.8 Å². The number of rotatable bonds is 15. The quantitative estimate of drug-likeness (QED) is 0.353. The summed E-state index contributed by atoms with van der Waals surface area (Å²) in [5.74, 6) is 1.13. The van der Waals surface area contributed by atoms with Crippen molar-refractivity contribution in [2.45, 2.75) is 104 Å². The summed E-state index contributed by atoms with van der Waals surface area (Å²) in [5, 5.41) is 8.55. The van der Waals surface area contributed by atoms with Crippen LogP contribution in [0.25, 0.3) is 0 Å². The number of carboxylic acids is 1. The molecule has 2 atom stereocenters. The second-order valence-electron chi connectivity index (χ2n) is 6.96. The van der Waals surface area contributed by atoms with E-state index in [2.05, 4.69) is 20.8 Å². The maximum atomic E-state index is 10.4. The molecule has 0 aromatic carbocycles. The second kappa shape index (κ2) is 14.4. The first-order chi connectivity index (χ1) is 10.1. The highest BCUT2D eigenvalue weighted by atomic mass is 16.4. The molecule has 126 valence electrons. The number of unbranched alkanes of at least 4 members (excludes halogenated alkanes) is 6. The summed E-state index contributed by atoms with van der Waals surface area (Å²) in [5.41, 5.74) is 0. The first-order valence-corrected chi connectivity index (χ1v) is 9.28. The summed E-state index contributed by atoms with van der Waals surface area (Å²) in [7, 11) is 0. The van der Waals surface area contributed by atoms with Gasteiger partial charge >= 0.3 is 5.97 Å². The van der Waals surface area contributed by atoms with E-state index in [0.717, 1.165) is 24.7 Å². The van der Waals surface area contributed by atoms with Crippen LogP contribution in [0.2, 0.25) is 0 Å². The van der Waals surface area contributed by atoms with E-state index in [4.69, 9.17) is 5.11 Å². The zero-order valence-electron chi connectivity index (χ0n) is 14.7. The highest BCUT2D eigenvalue weighted by Gasteiger charge is 2.04. The third-order valence-electron chi connectivity index (χ3n) is 4.68. The molecule has 0 fully saturated rings. The average molecular weight is 299 g/mol. The molecule has 0 aromatic heterocycles. The predicted molar refractivity (Wildman–Crippen MR) is 91.7 cm³/mol. The molecular weight excluding hydrogens is 260 g/mol. The molecule has 2 unspecified atom stereocenters. The van der Waals surface area contributed by atoms with Gasteiger partial charge in [-0.05, 0) is 18.3 Å². The van der Waals surface area contributed by atoms with Gasteiger partial charge < -0.3 is 5.11 Å².